The molecule has 3 rings (SSSR count). The number of anilines is 1. The SMILES string of the molecule is COC(=O)c1c(N)c(C#N)cn1-c1cc([N+](=O)[O-])cc(S(=O)(=O)Cc2ccccc2)c1. The summed E-state index contributed by atoms with van der Waals surface area (Å²) >= 11 is 0. The molecular formula is C20H16N4O6S. The lowest BCUT2D eigenvalue weighted by atomic mass is 10.2. The summed E-state index contributed by atoms with van der Waals surface area (Å²) in [6, 6.07) is 13.4. The molecule has 2 N–H and O–H groups in total. The van der Waals surface area contributed by atoms with Gasteiger partial charge in [0.05, 0.1) is 39.6 Å². The fourth-order valence-corrected chi connectivity index (χ4v) is 4.39. The summed E-state index contributed by atoms with van der Waals surface area (Å²) in [4.78, 5) is 22.6. The molecule has 10 nitrogen and oxygen atoms in total. The fourth-order valence-electron chi connectivity index (χ4n) is 2.99. The van der Waals surface area contributed by atoms with Gasteiger partial charge < -0.3 is 15.0 Å². The first-order valence-corrected chi connectivity index (χ1v) is 10.4. The van der Waals surface area contributed by atoms with E-state index in [9.17, 15) is 28.6 Å². The Kier molecular flexibility index (Phi) is 5.76. The third kappa shape index (κ3) is 4.24. The van der Waals surface area contributed by atoms with E-state index in [0.29, 0.717) is 5.56 Å². The number of nitriles is 1. The van der Waals surface area contributed by atoms with E-state index < -0.39 is 26.4 Å². The van der Waals surface area contributed by atoms with E-state index >= 15 is 0 Å². The van der Waals surface area contributed by atoms with Crippen molar-refractivity contribution >= 4 is 27.2 Å². The van der Waals surface area contributed by atoms with Crippen LogP contribution < -0.4 is 5.73 Å². The van der Waals surface area contributed by atoms with E-state index in [4.69, 9.17) is 5.73 Å². The van der Waals surface area contributed by atoms with Crippen molar-refractivity contribution < 1.29 is 22.9 Å². The zero-order valence-electron chi connectivity index (χ0n) is 16.2. The summed E-state index contributed by atoms with van der Waals surface area (Å²) in [6.07, 6.45) is 1.19. The Balaban J connectivity index is 2.22. The van der Waals surface area contributed by atoms with E-state index in [0.717, 1.165) is 23.8 Å². The van der Waals surface area contributed by atoms with Crippen LogP contribution in [0.1, 0.15) is 21.6 Å². The van der Waals surface area contributed by atoms with Gasteiger partial charge in [0.15, 0.2) is 15.5 Å². The lowest BCUT2D eigenvalue weighted by Crippen LogP contribution is -2.12. The summed E-state index contributed by atoms with van der Waals surface area (Å²) in [5, 5.41) is 20.7. The molecule has 0 atom stereocenters. The highest BCUT2D eigenvalue weighted by Crippen LogP contribution is 2.30. The quantitative estimate of drug-likeness (QED) is 0.348. The number of sulfone groups is 1. The Morgan fingerprint density at radius 1 is 1.26 bits per heavy atom. The van der Waals surface area contributed by atoms with Crippen molar-refractivity contribution in [2.24, 2.45) is 0 Å². The molecule has 158 valence electrons. The van der Waals surface area contributed by atoms with Crippen LogP contribution in [0, 0.1) is 21.4 Å². The van der Waals surface area contributed by atoms with Crippen LogP contribution in [0.25, 0.3) is 5.69 Å². The highest BCUT2D eigenvalue weighted by Gasteiger charge is 2.25. The minimum absolute atomic E-state index is 0.0329. The lowest BCUT2D eigenvalue weighted by Gasteiger charge is -2.11. The Hall–Kier alpha value is -4.17. The second kappa shape index (κ2) is 8.29. The van der Waals surface area contributed by atoms with Crippen molar-refractivity contribution in [3.63, 3.8) is 0 Å². The van der Waals surface area contributed by atoms with Crippen LogP contribution in [0.2, 0.25) is 0 Å². The third-order valence-electron chi connectivity index (χ3n) is 4.47. The number of non-ortho nitro benzene ring substituents is 1. The first-order valence-electron chi connectivity index (χ1n) is 8.73. The number of aromatic nitrogens is 1. The van der Waals surface area contributed by atoms with Gasteiger partial charge in [0.2, 0.25) is 0 Å². The lowest BCUT2D eigenvalue weighted by molar-refractivity contribution is -0.385. The molecule has 1 aromatic heterocycles. The fraction of sp³-hybridized carbons (Fsp3) is 0.100. The number of hydrogen-bond donors (Lipinski definition) is 1. The highest BCUT2D eigenvalue weighted by molar-refractivity contribution is 7.90. The van der Waals surface area contributed by atoms with Crippen LogP contribution in [0.15, 0.2) is 59.6 Å². The molecule has 0 aliphatic carbocycles. The Morgan fingerprint density at radius 2 is 1.94 bits per heavy atom. The molecule has 0 spiro atoms. The summed E-state index contributed by atoms with van der Waals surface area (Å²) in [5.41, 5.74) is 5.32. The van der Waals surface area contributed by atoms with Gasteiger partial charge in [0.1, 0.15) is 6.07 Å². The molecule has 0 bridgehead atoms. The number of nitro benzene ring substituents is 1. The minimum atomic E-state index is -3.98. The maximum absolute atomic E-state index is 13.0. The molecule has 31 heavy (non-hydrogen) atoms. The van der Waals surface area contributed by atoms with Crippen LogP contribution >= 0.6 is 0 Å². The number of carbonyl (C=O) groups is 1. The normalized spacial score (nSPS) is 11.0. The number of esters is 1. The molecule has 0 saturated carbocycles. The monoisotopic (exact) mass is 440 g/mol. The Morgan fingerprint density at radius 3 is 2.52 bits per heavy atom. The van der Waals surface area contributed by atoms with Gasteiger partial charge >= 0.3 is 5.97 Å². The maximum Gasteiger partial charge on any atom is 0.357 e. The average Bonchev–Trinajstić information content (AvgIpc) is 3.09. The maximum atomic E-state index is 13.0. The van der Waals surface area contributed by atoms with Gasteiger partial charge in [-0.2, -0.15) is 5.26 Å². The zero-order valence-corrected chi connectivity index (χ0v) is 17.0. The van der Waals surface area contributed by atoms with Gasteiger partial charge in [0.25, 0.3) is 5.69 Å². The van der Waals surface area contributed by atoms with Crippen LogP contribution in [-0.4, -0.2) is 31.0 Å². The molecule has 11 heteroatoms. The van der Waals surface area contributed by atoms with Gasteiger partial charge in [-0.25, -0.2) is 13.2 Å². The molecule has 0 aliphatic rings. The molecule has 0 amide bonds. The van der Waals surface area contributed by atoms with Crippen LogP contribution in [0.3, 0.4) is 0 Å². The number of rotatable bonds is 6. The van der Waals surface area contributed by atoms with Crippen LogP contribution in [0.5, 0.6) is 0 Å². The molecule has 2 aromatic carbocycles. The number of methoxy groups -OCH3 is 1. The Labute approximate surface area is 177 Å². The smallest absolute Gasteiger partial charge is 0.357 e. The number of nitrogens with zero attached hydrogens (tertiary/aromatic N) is 3. The van der Waals surface area contributed by atoms with Gasteiger partial charge in [-0.15, -0.1) is 0 Å². The third-order valence-corrected chi connectivity index (χ3v) is 6.13. The second-order valence-corrected chi connectivity index (χ2v) is 8.45. The number of hydrogen-bond acceptors (Lipinski definition) is 8. The van der Waals surface area contributed by atoms with Gasteiger partial charge in [-0.3, -0.25) is 10.1 Å². The topological polar surface area (TPSA) is 158 Å². The van der Waals surface area contributed by atoms with Crippen molar-refractivity contribution in [1.29, 1.82) is 5.26 Å². The van der Waals surface area contributed by atoms with Crippen molar-refractivity contribution in [1.82, 2.24) is 4.57 Å². The summed E-state index contributed by atoms with van der Waals surface area (Å²) in [5.74, 6) is -1.27. The average molecular weight is 440 g/mol. The number of nitrogen functional groups attached to an aromatic ring is 1. The molecule has 0 saturated heterocycles. The second-order valence-electron chi connectivity index (χ2n) is 6.47. The van der Waals surface area contributed by atoms with Crippen molar-refractivity contribution in [2.45, 2.75) is 10.6 Å². The van der Waals surface area contributed by atoms with E-state index in [1.807, 2.05) is 6.07 Å². The predicted octanol–water partition coefficient (Wildman–Crippen LogP) is 2.60. The van der Waals surface area contributed by atoms with Crippen LogP contribution in [-0.2, 0) is 20.3 Å². The Bertz CT molecular complexity index is 1320. The number of nitro groups is 1. The molecule has 0 radical (unpaired) electrons. The largest absolute Gasteiger partial charge is 0.464 e. The molecule has 1 heterocycles. The molecule has 0 unspecified atom stereocenters. The van der Waals surface area contributed by atoms with E-state index in [1.54, 1.807) is 30.3 Å². The summed E-state index contributed by atoms with van der Waals surface area (Å²) in [6.45, 7) is 0. The summed E-state index contributed by atoms with van der Waals surface area (Å²) in [7, 11) is -2.87. The van der Waals surface area contributed by atoms with Crippen molar-refractivity contribution in [3.8, 4) is 11.8 Å². The first kappa shape index (κ1) is 21.5. The minimum Gasteiger partial charge on any atom is -0.464 e. The van der Waals surface area contributed by atoms with Gasteiger partial charge in [-0.1, -0.05) is 30.3 Å². The van der Waals surface area contributed by atoms with E-state index in [2.05, 4.69) is 4.74 Å². The number of benzene rings is 2. The van der Waals surface area contributed by atoms with Crippen molar-refractivity contribution in [2.75, 3.05) is 12.8 Å². The molecule has 3 aromatic rings. The van der Waals surface area contributed by atoms with Gasteiger partial charge in [0, 0.05) is 18.3 Å². The number of ether oxygens (including phenoxy) is 1. The molecule has 0 aliphatic heterocycles. The number of nitrogens with two attached hydrogens (primary N) is 1. The standard InChI is InChI=1S/C20H16N4O6S/c1-30-20(25)19-18(22)14(10-21)11-23(19)15-7-16(24(26)27)9-17(8-15)31(28,29)12-13-5-3-2-4-6-13/h2-9,11H,12,22H2,1H3. The first-order chi connectivity index (χ1) is 14.7. The summed E-state index contributed by atoms with van der Waals surface area (Å²) < 4.78 is 31.7. The van der Waals surface area contributed by atoms with Crippen LogP contribution in [0.4, 0.5) is 11.4 Å². The molecular weight excluding hydrogens is 424 g/mol. The van der Waals surface area contributed by atoms with Gasteiger partial charge in [-0.05, 0) is 11.6 Å². The van der Waals surface area contributed by atoms with E-state index in [-0.39, 0.29) is 33.3 Å². The highest BCUT2D eigenvalue weighted by atomic mass is 32.2. The predicted molar refractivity (Wildman–Crippen MR) is 110 cm³/mol. The number of carbonyl (C=O) groups excluding carboxylic acids is 1. The van der Waals surface area contributed by atoms with E-state index in [1.165, 1.54) is 12.3 Å². The van der Waals surface area contributed by atoms with Crippen molar-refractivity contribution in [3.05, 3.63) is 81.7 Å². The molecule has 0 fully saturated rings. The zero-order chi connectivity index (χ0) is 22.8.